The highest BCUT2D eigenvalue weighted by Gasteiger charge is 2.37. The van der Waals surface area contributed by atoms with E-state index in [4.69, 9.17) is 0 Å². The molecular formula is C19H36N2. The van der Waals surface area contributed by atoms with E-state index in [2.05, 4.69) is 24.1 Å². The molecule has 2 heteroatoms. The minimum atomic E-state index is 0.803. The van der Waals surface area contributed by atoms with Gasteiger partial charge in [0, 0.05) is 18.1 Å². The zero-order valence-corrected chi connectivity index (χ0v) is 14.3. The summed E-state index contributed by atoms with van der Waals surface area (Å²) in [7, 11) is 0. The Morgan fingerprint density at radius 2 is 1.62 bits per heavy atom. The highest BCUT2D eigenvalue weighted by molar-refractivity contribution is 4.95. The van der Waals surface area contributed by atoms with Crippen LogP contribution in [-0.2, 0) is 0 Å². The summed E-state index contributed by atoms with van der Waals surface area (Å²) in [5, 5.41) is 3.72. The molecule has 1 aliphatic carbocycles. The lowest BCUT2D eigenvalue weighted by atomic mass is 9.79. The third-order valence-electron chi connectivity index (χ3n) is 6.55. The van der Waals surface area contributed by atoms with E-state index in [0.29, 0.717) is 0 Å². The molecule has 2 unspecified atom stereocenters. The standard InChI is InChI=1S/C19H36N2/c1-3-20-17-13-18-5-4-6-19(14-17)21(18)12-11-16-9-7-15(2)8-10-16/h15-20H,3-14H2,1-2H3. The van der Waals surface area contributed by atoms with Crippen molar-refractivity contribution >= 4 is 0 Å². The summed E-state index contributed by atoms with van der Waals surface area (Å²) in [6, 6.07) is 2.59. The van der Waals surface area contributed by atoms with Crippen LogP contribution in [-0.4, -0.2) is 36.1 Å². The molecule has 122 valence electrons. The van der Waals surface area contributed by atoms with Gasteiger partial charge in [0.2, 0.25) is 0 Å². The Labute approximate surface area is 132 Å². The van der Waals surface area contributed by atoms with Gasteiger partial charge in [0.1, 0.15) is 0 Å². The van der Waals surface area contributed by atoms with Crippen LogP contribution in [0, 0.1) is 11.8 Å². The van der Waals surface area contributed by atoms with Gasteiger partial charge in [0.05, 0.1) is 0 Å². The molecule has 0 aromatic heterocycles. The molecule has 1 N–H and O–H groups in total. The summed E-state index contributed by atoms with van der Waals surface area (Å²) >= 11 is 0. The first-order chi connectivity index (χ1) is 10.3. The third-order valence-corrected chi connectivity index (χ3v) is 6.55. The van der Waals surface area contributed by atoms with Crippen LogP contribution in [0.15, 0.2) is 0 Å². The van der Waals surface area contributed by atoms with Gasteiger partial charge >= 0.3 is 0 Å². The maximum absolute atomic E-state index is 3.72. The minimum absolute atomic E-state index is 0.803. The van der Waals surface area contributed by atoms with Crippen LogP contribution >= 0.6 is 0 Å². The van der Waals surface area contributed by atoms with Crippen LogP contribution < -0.4 is 5.32 Å². The maximum Gasteiger partial charge on any atom is 0.0113 e. The number of piperidine rings is 2. The lowest BCUT2D eigenvalue weighted by molar-refractivity contribution is 0.0188. The molecule has 0 spiro atoms. The molecule has 3 rings (SSSR count). The molecule has 0 aromatic carbocycles. The van der Waals surface area contributed by atoms with Gasteiger partial charge < -0.3 is 5.32 Å². The van der Waals surface area contributed by atoms with E-state index >= 15 is 0 Å². The Balaban J connectivity index is 1.49. The fourth-order valence-electron chi connectivity index (χ4n) is 5.25. The summed E-state index contributed by atoms with van der Waals surface area (Å²) in [4.78, 5) is 2.93. The van der Waals surface area contributed by atoms with Crippen molar-refractivity contribution in [2.75, 3.05) is 13.1 Å². The molecule has 2 heterocycles. The van der Waals surface area contributed by atoms with Crippen LogP contribution in [0.3, 0.4) is 0 Å². The molecule has 3 aliphatic rings. The van der Waals surface area contributed by atoms with Gasteiger partial charge in [-0.1, -0.05) is 46.0 Å². The molecule has 2 saturated heterocycles. The topological polar surface area (TPSA) is 15.3 Å². The fraction of sp³-hybridized carbons (Fsp3) is 1.00. The molecule has 1 saturated carbocycles. The summed E-state index contributed by atoms with van der Waals surface area (Å²) in [6.07, 6.45) is 14.7. The van der Waals surface area contributed by atoms with Crippen LogP contribution in [0.5, 0.6) is 0 Å². The zero-order chi connectivity index (χ0) is 14.7. The summed E-state index contributed by atoms with van der Waals surface area (Å²) in [5.41, 5.74) is 0. The first-order valence-corrected chi connectivity index (χ1v) is 9.75. The molecule has 2 bridgehead atoms. The zero-order valence-electron chi connectivity index (χ0n) is 14.3. The first kappa shape index (κ1) is 15.8. The van der Waals surface area contributed by atoms with Crippen molar-refractivity contribution in [2.24, 2.45) is 11.8 Å². The number of nitrogens with one attached hydrogen (secondary N) is 1. The van der Waals surface area contributed by atoms with Gasteiger partial charge in [-0.25, -0.2) is 0 Å². The molecule has 2 aliphatic heterocycles. The molecule has 0 aromatic rings. The second kappa shape index (κ2) is 7.46. The Bertz CT molecular complexity index is 295. The molecule has 0 radical (unpaired) electrons. The Morgan fingerprint density at radius 1 is 0.952 bits per heavy atom. The average Bonchev–Trinajstić information content (AvgIpc) is 2.47. The van der Waals surface area contributed by atoms with E-state index in [-0.39, 0.29) is 0 Å². The second-order valence-corrected chi connectivity index (χ2v) is 8.12. The predicted octanol–water partition coefficient (Wildman–Crippen LogP) is 4.20. The van der Waals surface area contributed by atoms with E-state index < -0.39 is 0 Å². The molecule has 2 nitrogen and oxygen atoms in total. The van der Waals surface area contributed by atoms with Gasteiger partial charge in [0.25, 0.3) is 0 Å². The largest absolute Gasteiger partial charge is 0.314 e. The Kier molecular flexibility index (Phi) is 5.61. The van der Waals surface area contributed by atoms with Crippen LogP contribution in [0.1, 0.15) is 78.1 Å². The van der Waals surface area contributed by atoms with Gasteiger partial charge in [-0.2, -0.15) is 0 Å². The van der Waals surface area contributed by atoms with E-state index in [1.165, 1.54) is 70.8 Å². The second-order valence-electron chi connectivity index (χ2n) is 8.12. The molecule has 21 heavy (non-hydrogen) atoms. The summed E-state index contributed by atoms with van der Waals surface area (Å²) in [5.74, 6) is 2.03. The maximum atomic E-state index is 3.72. The number of rotatable bonds is 5. The van der Waals surface area contributed by atoms with Crippen molar-refractivity contribution in [3.63, 3.8) is 0 Å². The van der Waals surface area contributed by atoms with Crippen molar-refractivity contribution in [3.8, 4) is 0 Å². The molecule has 2 atom stereocenters. The summed E-state index contributed by atoms with van der Waals surface area (Å²) in [6.45, 7) is 7.23. The minimum Gasteiger partial charge on any atom is -0.314 e. The van der Waals surface area contributed by atoms with Crippen molar-refractivity contribution in [1.82, 2.24) is 10.2 Å². The molecule has 3 fully saturated rings. The van der Waals surface area contributed by atoms with Gasteiger partial charge in [-0.05, 0) is 57.0 Å². The Morgan fingerprint density at radius 3 is 2.24 bits per heavy atom. The smallest absolute Gasteiger partial charge is 0.0113 e. The van der Waals surface area contributed by atoms with Gasteiger partial charge in [-0.15, -0.1) is 0 Å². The lowest BCUT2D eigenvalue weighted by Gasteiger charge is -2.49. The van der Waals surface area contributed by atoms with E-state index in [1.807, 2.05) is 0 Å². The SMILES string of the molecule is CCNC1CC2CCCC(C1)N2CCC1CCC(C)CC1. The normalized spacial score (nSPS) is 41.1. The van der Waals surface area contributed by atoms with Crippen molar-refractivity contribution in [2.45, 2.75) is 96.2 Å². The highest BCUT2D eigenvalue weighted by atomic mass is 15.2. The average molecular weight is 293 g/mol. The van der Waals surface area contributed by atoms with E-state index in [1.54, 1.807) is 0 Å². The number of hydrogen-bond acceptors (Lipinski definition) is 2. The van der Waals surface area contributed by atoms with Crippen LogP contribution in [0.4, 0.5) is 0 Å². The van der Waals surface area contributed by atoms with Gasteiger partial charge in [-0.3, -0.25) is 4.90 Å². The fourth-order valence-corrected chi connectivity index (χ4v) is 5.25. The lowest BCUT2D eigenvalue weighted by Crippen LogP contribution is -2.56. The van der Waals surface area contributed by atoms with Crippen molar-refractivity contribution in [1.29, 1.82) is 0 Å². The quantitative estimate of drug-likeness (QED) is 0.817. The van der Waals surface area contributed by atoms with Gasteiger partial charge in [0.15, 0.2) is 0 Å². The number of nitrogens with zero attached hydrogens (tertiary/aromatic N) is 1. The van der Waals surface area contributed by atoms with Crippen molar-refractivity contribution in [3.05, 3.63) is 0 Å². The van der Waals surface area contributed by atoms with E-state index in [0.717, 1.165) is 36.5 Å². The van der Waals surface area contributed by atoms with Crippen molar-refractivity contribution < 1.29 is 0 Å². The first-order valence-electron chi connectivity index (χ1n) is 9.75. The molecular weight excluding hydrogens is 256 g/mol. The highest BCUT2D eigenvalue weighted by Crippen LogP contribution is 2.36. The molecule has 0 amide bonds. The van der Waals surface area contributed by atoms with Crippen LogP contribution in [0.2, 0.25) is 0 Å². The number of hydrogen-bond donors (Lipinski definition) is 1. The third kappa shape index (κ3) is 4.01. The Hall–Kier alpha value is -0.0800. The monoisotopic (exact) mass is 292 g/mol. The van der Waals surface area contributed by atoms with E-state index in [9.17, 15) is 0 Å². The number of fused-ring (bicyclic) bond motifs is 2. The van der Waals surface area contributed by atoms with Crippen LogP contribution in [0.25, 0.3) is 0 Å². The predicted molar refractivity (Wildman–Crippen MR) is 90.6 cm³/mol. The summed E-state index contributed by atoms with van der Waals surface area (Å²) < 4.78 is 0.